The third-order valence-electron chi connectivity index (χ3n) is 7.12. The zero-order valence-corrected chi connectivity index (χ0v) is 23.6. The van der Waals surface area contributed by atoms with Crippen LogP contribution in [-0.4, -0.2) is 52.4 Å². The van der Waals surface area contributed by atoms with E-state index >= 15 is 0 Å². The molecule has 1 amide bonds. The van der Waals surface area contributed by atoms with Gasteiger partial charge in [-0.15, -0.1) is 0 Å². The summed E-state index contributed by atoms with van der Waals surface area (Å²) in [5.41, 5.74) is 1.90. The van der Waals surface area contributed by atoms with Crippen LogP contribution in [0.15, 0.2) is 34.0 Å². The van der Waals surface area contributed by atoms with Crippen molar-refractivity contribution in [1.82, 2.24) is 9.47 Å². The SMILES string of the molecule is CCCCCCN1C(=O)/C(=C/c2c(C)c(C#N)c(=O)n(C)c2N2CCN(c3ccc(F)cc3)CC2)SC1=S. The molecule has 0 unspecified atom stereocenters. The second-order valence-corrected chi connectivity index (χ2v) is 11.2. The predicted molar refractivity (Wildman–Crippen MR) is 156 cm³/mol. The van der Waals surface area contributed by atoms with Crippen molar-refractivity contribution in [3.05, 3.63) is 62.0 Å². The average molecular weight is 554 g/mol. The van der Waals surface area contributed by atoms with Gasteiger partial charge in [-0.3, -0.25) is 19.1 Å². The van der Waals surface area contributed by atoms with E-state index in [1.807, 2.05) is 0 Å². The molecule has 10 heteroatoms. The number of nitrogens with zero attached hydrogens (tertiary/aromatic N) is 5. The first-order valence-electron chi connectivity index (χ1n) is 12.9. The van der Waals surface area contributed by atoms with E-state index in [4.69, 9.17) is 12.2 Å². The zero-order valence-electron chi connectivity index (χ0n) is 22.0. The van der Waals surface area contributed by atoms with Gasteiger partial charge in [0.05, 0.1) is 4.91 Å². The van der Waals surface area contributed by atoms with Crippen molar-refractivity contribution in [2.24, 2.45) is 7.05 Å². The molecule has 0 aliphatic carbocycles. The van der Waals surface area contributed by atoms with E-state index in [0.29, 0.717) is 58.9 Å². The first kappa shape index (κ1) is 27.9. The second kappa shape index (κ2) is 12.1. The summed E-state index contributed by atoms with van der Waals surface area (Å²) in [6, 6.07) is 8.49. The Balaban J connectivity index is 1.65. The Morgan fingerprint density at radius 2 is 1.74 bits per heavy atom. The van der Waals surface area contributed by atoms with Gasteiger partial charge in [0, 0.05) is 51.0 Å². The number of piperazine rings is 1. The maximum absolute atomic E-state index is 13.4. The van der Waals surface area contributed by atoms with Gasteiger partial charge in [0.15, 0.2) is 0 Å². The molecule has 2 aromatic rings. The van der Waals surface area contributed by atoms with Crippen LogP contribution >= 0.6 is 24.0 Å². The summed E-state index contributed by atoms with van der Waals surface area (Å²) < 4.78 is 15.4. The molecule has 1 aromatic heterocycles. The zero-order chi connectivity index (χ0) is 27.4. The lowest BCUT2D eigenvalue weighted by Crippen LogP contribution is -2.48. The number of thioether (sulfide) groups is 1. The first-order valence-corrected chi connectivity index (χ1v) is 14.1. The summed E-state index contributed by atoms with van der Waals surface area (Å²) >= 11 is 6.79. The first-order chi connectivity index (χ1) is 18.3. The standard InChI is InChI=1S/C28H32FN5O2S2/c1-4-5-6-7-12-34-27(36)24(38-28(34)37)17-22-19(2)23(18-30)26(35)31(3)25(22)33-15-13-32(14-16-33)21-10-8-20(29)9-11-21/h8-11,17H,4-7,12-16H2,1-3H3/b24-17-. The summed E-state index contributed by atoms with van der Waals surface area (Å²) in [7, 11) is 1.67. The molecule has 0 radical (unpaired) electrons. The number of rotatable bonds is 8. The minimum atomic E-state index is -0.360. The molecule has 0 atom stereocenters. The number of thiocarbonyl (C=S) groups is 1. The van der Waals surface area contributed by atoms with Crippen LogP contribution in [0.5, 0.6) is 0 Å². The van der Waals surface area contributed by atoms with Crippen molar-refractivity contribution in [3.8, 4) is 6.07 Å². The molecule has 2 fully saturated rings. The van der Waals surface area contributed by atoms with Gasteiger partial charge in [-0.1, -0.05) is 50.2 Å². The highest BCUT2D eigenvalue weighted by atomic mass is 32.2. The lowest BCUT2D eigenvalue weighted by Gasteiger charge is -2.38. The molecular formula is C28H32FN5O2S2. The van der Waals surface area contributed by atoms with Crippen LogP contribution in [-0.2, 0) is 11.8 Å². The van der Waals surface area contributed by atoms with Gasteiger partial charge in [-0.05, 0) is 49.2 Å². The molecule has 0 N–H and O–H groups in total. The van der Waals surface area contributed by atoms with Crippen LogP contribution in [0, 0.1) is 24.1 Å². The molecule has 2 aliphatic heterocycles. The molecule has 1 aromatic carbocycles. The van der Waals surface area contributed by atoms with Crippen molar-refractivity contribution in [2.75, 3.05) is 42.5 Å². The summed E-state index contributed by atoms with van der Waals surface area (Å²) in [4.78, 5) is 32.8. The number of pyridine rings is 1. The number of unbranched alkanes of at least 4 members (excludes halogenated alkanes) is 3. The lowest BCUT2D eigenvalue weighted by molar-refractivity contribution is -0.122. The summed E-state index contributed by atoms with van der Waals surface area (Å²) in [5, 5.41) is 9.74. The number of halogens is 1. The molecule has 200 valence electrons. The monoisotopic (exact) mass is 553 g/mol. The van der Waals surface area contributed by atoms with Crippen molar-refractivity contribution >= 4 is 51.8 Å². The molecule has 4 rings (SSSR count). The third-order valence-corrected chi connectivity index (χ3v) is 8.50. The second-order valence-electron chi connectivity index (χ2n) is 9.56. The fourth-order valence-electron chi connectivity index (χ4n) is 4.94. The Morgan fingerprint density at radius 3 is 2.37 bits per heavy atom. The minimum Gasteiger partial charge on any atom is -0.368 e. The van der Waals surface area contributed by atoms with E-state index in [-0.39, 0.29) is 22.8 Å². The number of amides is 1. The number of hydrogen-bond donors (Lipinski definition) is 0. The summed E-state index contributed by atoms with van der Waals surface area (Å²) in [6.07, 6.45) is 5.98. The molecule has 3 heterocycles. The van der Waals surface area contributed by atoms with E-state index in [9.17, 15) is 19.2 Å². The van der Waals surface area contributed by atoms with Crippen LogP contribution in [0.2, 0.25) is 0 Å². The summed E-state index contributed by atoms with van der Waals surface area (Å²) in [5.74, 6) is 0.278. The normalized spacial score (nSPS) is 17.0. The van der Waals surface area contributed by atoms with Gasteiger partial charge in [0.1, 0.15) is 27.6 Å². The molecule has 2 saturated heterocycles. The van der Waals surface area contributed by atoms with Gasteiger partial charge in [-0.25, -0.2) is 4.39 Å². The molecule has 0 bridgehead atoms. The topological polar surface area (TPSA) is 72.6 Å². The number of nitriles is 1. The number of aromatic nitrogens is 1. The van der Waals surface area contributed by atoms with Crippen LogP contribution < -0.4 is 15.4 Å². The quantitative estimate of drug-likeness (QED) is 0.264. The highest BCUT2D eigenvalue weighted by molar-refractivity contribution is 8.26. The third kappa shape index (κ3) is 5.64. The number of carbonyl (C=O) groups excluding carboxylic acids is 1. The molecule has 2 aliphatic rings. The maximum atomic E-state index is 13.4. The Bertz CT molecular complexity index is 1360. The van der Waals surface area contributed by atoms with Gasteiger partial charge in [-0.2, -0.15) is 5.26 Å². The number of carbonyl (C=O) groups is 1. The number of anilines is 2. The van der Waals surface area contributed by atoms with Crippen LogP contribution in [0.3, 0.4) is 0 Å². The molecule has 0 saturated carbocycles. The van der Waals surface area contributed by atoms with Crippen molar-refractivity contribution < 1.29 is 9.18 Å². The minimum absolute atomic E-state index is 0.0718. The number of benzene rings is 1. The molecule has 0 spiro atoms. The van der Waals surface area contributed by atoms with Crippen LogP contribution in [0.25, 0.3) is 6.08 Å². The highest BCUT2D eigenvalue weighted by Gasteiger charge is 2.33. The van der Waals surface area contributed by atoms with Crippen LogP contribution in [0.4, 0.5) is 15.9 Å². The van der Waals surface area contributed by atoms with Crippen molar-refractivity contribution in [2.45, 2.75) is 39.5 Å². The molecule has 38 heavy (non-hydrogen) atoms. The Kier molecular flexibility index (Phi) is 8.90. The molecule has 7 nitrogen and oxygen atoms in total. The van der Waals surface area contributed by atoms with E-state index in [1.165, 1.54) is 28.5 Å². The highest BCUT2D eigenvalue weighted by Crippen LogP contribution is 2.36. The lowest BCUT2D eigenvalue weighted by atomic mass is 10.0. The largest absolute Gasteiger partial charge is 0.368 e. The fraction of sp³-hybridized carbons (Fsp3) is 0.429. The van der Waals surface area contributed by atoms with E-state index < -0.39 is 0 Å². The van der Waals surface area contributed by atoms with Crippen molar-refractivity contribution in [1.29, 1.82) is 5.26 Å². The van der Waals surface area contributed by atoms with Crippen LogP contribution in [0.1, 0.15) is 49.3 Å². The smallest absolute Gasteiger partial charge is 0.270 e. The average Bonchev–Trinajstić information content (AvgIpc) is 3.18. The van der Waals surface area contributed by atoms with E-state index in [1.54, 1.807) is 37.1 Å². The Morgan fingerprint density at radius 1 is 1.08 bits per heavy atom. The van der Waals surface area contributed by atoms with E-state index in [0.717, 1.165) is 31.4 Å². The predicted octanol–water partition coefficient (Wildman–Crippen LogP) is 4.81. The Labute approximate surface area is 232 Å². The Hall–Kier alpha value is -3.16. The van der Waals surface area contributed by atoms with Crippen molar-refractivity contribution in [3.63, 3.8) is 0 Å². The van der Waals surface area contributed by atoms with E-state index in [2.05, 4.69) is 22.8 Å². The van der Waals surface area contributed by atoms with Gasteiger partial charge >= 0.3 is 0 Å². The fourth-order valence-corrected chi connectivity index (χ4v) is 6.23. The number of hydrogen-bond acceptors (Lipinski definition) is 7. The van der Waals surface area contributed by atoms with Gasteiger partial charge in [0.2, 0.25) is 0 Å². The molecular weight excluding hydrogens is 521 g/mol. The van der Waals surface area contributed by atoms with Gasteiger partial charge < -0.3 is 9.80 Å². The van der Waals surface area contributed by atoms with Gasteiger partial charge in [0.25, 0.3) is 11.5 Å². The summed E-state index contributed by atoms with van der Waals surface area (Å²) in [6.45, 7) is 7.10. The maximum Gasteiger partial charge on any atom is 0.270 e.